The lowest BCUT2D eigenvalue weighted by Crippen LogP contribution is -2.37. The van der Waals surface area contributed by atoms with Crippen LogP contribution in [0.1, 0.15) is 52.9 Å². The number of rotatable bonds is 6. The first-order valence-electron chi connectivity index (χ1n) is 6.67. The summed E-state index contributed by atoms with van der Waals surface area (Å²) >= 11 is 0. The Morgan fingerprint density at radius 3 is 2.33 bits per heavy atom. The Bertz CT molecular complexity index is 151. The molecule has 1 saturated heterocycles. The van der Waals surface area contributed by atoms with E-state index in [2.05, 4.69) is 31.0 Å². The minimum absolute atomic E-state index is 0.635. The van der Waals surface area contributed by atoms with Gasteiger partial charge in [-0.3, -0.25) is 0 Å². The Morgan fingerprint density at radius 1 is 1.07 bits per heavy atom. The van der Waals surface area contributed by atoms with Crippen molar-refractivity contribution < 1.29 is 0 Å². The van der Waals surface area contributed by atoms with Crippen molar-refractivity contribution in [3.05, 3.63) is 0 Å². The highest BCUT2D eigenvalue weighted by atomic mass is 15.1. The molecule has 1 aliphatic heterocycles. The maximum atomic E-state index is 3.49. The van der Waals surface area contributed by atoms with Gasteiger partial charge in [-0.2, -0.15) is 0 Å². The van der Waals surface area contributed by atoms with Gasteiger partial charge in [0, 0.05) is 12.1 Å². The summed E-state index contributed by atoms with van der Waals surface area (Å²) in [5, 5.41) is 3.49. The van der Waals surface area contributed by atoms with Crippen LogP contribution in [-0.4, -0.2) is 36.6 Å². The average molecular weight is 212 g/mol. The molecule has 1 unspecified atom stereocenters. The van der Waals surface area contributed by atoms with Gasteiger partial charge >= 0.3 is 0 Å². The largest absolute Gasteiger partial charge is 0.315 e. The first-order chi connectivity index (χ1) is 7.20. The minimum Gasteiger partial charge on any atom is -0.315 e. The van der Waals surface area contributed by atoms with Gasteiger partial charge in [-0.25, -0.2) is 0 Å². The van der Waals surface area contributed by atoms with Crippen LogP contribution < -0.4 is 5.32 Å². The summed E-state index contributed by atoms with van der Waals surface area (Å²) in [5.41, 5.74) is 0. The molecule has 2 nitrogen and oxygen atoms in total. The van der Waals surface area contributed by atoms with E-state index in [0.717, 1.165) is 6.04 Å². The summed E-state index contributed by atoms with van der Waals surface area (Å²) in [6.07, 6.45) is 6.93. The number of hydrogen-bond donors (Lipinski definition) is 1. The second kappa shape index (κ2) is 7.24. The van der Waals surface area contributed by atoms with E-state index in [1.807, 2.05) is 0 Å². The Morgan fingerprint density at radius 2 is 1.73 bits per heavy atom. The highest BCUT2D eigenvalue weighted by Crippen LogP contribution is 2.14. The van der Waals surface area contributed by atoms with E-state index >= 15 is 0 Å². The molecule has 0 bridgehead atoms. The van der Waals surface area contributed by atoms with Gasteiger partial charge in [0.05, 0.1) is 0 Å². The lowest BCUT2D eigenvalue weighted by atomic mass is 10.1. The Kier molecular flexibility index (Phi) is 6.26. The molecule has 0 radical (unpaired) electrons. The van der Waals surface area contributed by atoms with Crippen molar-refractivity contribution in [2.24, 2.45) is 0 Å². The highest BCUT2D eigenvalue weighted by Gasteiger charge is 2.15. The predicted molar refractivity (Wildman–Crippen MR) is 67.3 cm³/mol. The summed E-state index contributed by atoms with van der Waals surface area (Å²) < 4.78 is 0. The van der Waals surface area contributed by atoms with Crippen LogP contribution in [0, 0.1) is 0 Å². The normalized spacial score (nSPS) is 20.8. The van der Waals surface area contributed by atoms with E-state index in [-0.39, 0.29) is 0 Å². The van der Waals surface area contributed by atoms with Crippen molar-refractivity contribution in [1.29, 1.82) is 0 Å². The number of likely N-dealkylation sites (tertiary alicyclic amines) is 1. The van der Waals surface area contributed by atoms with E-state index in [4.69, 9.17) is 0 Å². The Labute approximate surface area is 95.4 Å². The Balaban J connectivity index is 2.04. The Hall–Kier alpha value is -0.0800. The number of nitrogens with one attached hydrogen (secondary N) is 1. The van der Waals surface area contributed by atoms with Crippen molar-refractivity contribution in [3.8, 4) is 0 Å². The number of nitrogens with zero attached hydrogens (tertiary/aromatic N) is 1. The molecule has 1 aliphatic rings. The van der Waals surface area contributed by atoms with Crippen LogP contribution in [0.2, 0.25) is 0 Å². The lowest BCUT2D eigenvalue weighted by Gasteiger charge is -2.32. The first-order valence-corrected chi connectivity index (χ1v) is 6.67. The molecule has 0 saturated carbocycles. The summed E-state index contributed by atoms with van der Waals surface area (Å²) in [6.45, 7) is 10.7. The van der Waals surface area contributed by atoms with Crippen LogP contribution in [0.15, 0.2) is 0 Å². The zero-order valence-electron chi connectivity index (χ0n) is 10.8. The van der Waals surface area contributed by atoms with Crippen molar-refractivity contribution in [1.82, 2.24) is 10.2 Å². The van der Waals surface area contributed by atoms with Crippen LogP contribution in [0.4, 0.5) is 0 Å². The van der Waals surface area contributed by atoms with E-state index in [0.29, 0.717) is 6.04 Å². The second-order valence-electron chi connectivity index (χ2n) is 5.20. The van der Waals surface area contributed by atoms with Crippen molar-refractivity contribution in [2.75, 3.05) is 19.6 Å². The molecular weight excluding hydrogens is 184 g/mol. The molecule has 2 heteroatoms. The van der Waals surface area contributed by atoms with Gasteiger partial charge in [-0.05, 0) is 52.2 Å². The van der Waals surface area contributed by atoms with E-state index in [1.165, 1.54) is 51.7 Å². The topological polar surface area (TPSA) is 15.3 Å². The predicted octanol–water partition coefficient (Wildman–Crippen LogP) is 2.64. The quantitative estimate of drug-likeness (QED) is 0.681. The van der Waals surface area contributed by atoms with Gasteiger partial charge in [-0.15, -0.1) is 0 Å². The zero-order chi connectivity index (χ0) is 11.1. The third-order valence-corrected chi connectivity index (χ3v) is 3.37. The van der Waals surface area contributed by atoms with Crippen molar-refractivity contribution in [2.45, 2.75) is 65.0 Å². The van der Waals surface area contributed by atoms with Crippen molar-refractivity contribution in [3.63, 3.8) is 0 Å². The summed E-state index contributed by atoms with van der Waals surface area (Å²) in [5.74, 6) is 0. The summed E-state index contributed by atoms with van der Waals surface area (Å²) in [4.78, 5) is 2.67. The maximum absolute atomic E-state index is 3.49. The van der Waals surface area contributed by atoms with Crippen molar-refractivity contribution >= 4 is 0 Å². The average Bonchev–Trinajstić information content (AvgIpc) is 2.25. The molecule has 90 valence electrons. The first kappa shape index (κ1) is 13.0. The van der Waals surface area contributed by atoms with Gasteiger partial charge < -0.3 is 10.2 Å². The van der Waals surface area contributed by atoms with Crippen LogP contribution in [0.25, 0.3) is 0 Å². The fraction of sp³-hybridized carbons (Fsp3) is 1.00. The van der Waals surface area contributed by atoms with Crippen LogP contribution in [-0.2, 0) is 0 Å². The van der Waals surface area contributed by atoms with Crippen LogP contribution in [0.3, 0.4) is 0 Å². The molecule has 15 heavy (non-hydrogen) atoms. The van der Waals surface area contributed by atoms with Gasteiger partial charge in [-0.1, -0.05) is 20.3 Å². The monoisotopic (exact) mass is 212 g/mol. The van der Waals surface area contributed by atoms with E-state index in [9.17, 15) is 0 Å². The molecule has 0 aliphatic carbocycles. The fourth-order valence-electron chi connectivity index (χ4n) is 2.33. The minimum atomic E-state index is 0.635. The molecule has 0 aromatic rings. The molecule has 0 amide bonds. The van der Waals surface area contributed by atoms with Gasteiger partial charge in [0.2, 0.25) is 0 Å². The van der Waals surface area contributed by atoms with Crippen LogP contribution >= 0.6 is 0 Å². The molecule has 1 rings (SSSR count). The SMILES string of the molecule is CC(C)NCCCC(C)N1CCCCC1. The van der Waals surface area contributed by atoms with E-state index in [1.54, 1.807) is 0 Å². The molecule has 1 N–H and O–H groups in total. The fourth-order valence-corrected chi connectivity index (χ4v) is 2.33. The number of piperidine rings is 1. The van der Waals surface area contributed by atoms with Gasteiger partial charge in [0.1, 0.15) is 0 Å². The number of hydrogen-bond acceptors (Lipinski definition) is 2. The van der Waals surface area contributed by atoms with Gasteiger partial charge in [0.25, 0.3) is 0 Å². The highest BCUT2D eigenvalue weighted by molar-refractivity contribution is 4.71. The maximum Gasteiger partial charge on any atom is 0.00674 e. The molecule has 0 aromatic heterocycles. The van der Waals surface area contributed by atoms with Crippen LogP contribution in [0.5, 0.6) is 0 Å². The summed E-state index contributed by atoms with van der Waals surface area (Å²) in [7, 11) is 0. The molecule has 0 aromatic carbocycles. The second-order valence-corrected chi connectivity index (χ2v) is 5.20. The lowest BCUT2D eigenvalue weighted by molar-refractivity contribution is 0.164. The molecule has 1 atom stereocenters. The zero-order valence-corrected chi connectivity index (χ0v) is 10.8. The van der Waals surface area contributed by atoms with E-state index < -0.39 is 0 Å². The standard InChI is InChI=1S/C13H28N2/c1-12(2)14-9-7-8-13(3)15-10-5-4-6-11-15/h12-14H,4-11H2,1-3H3. The molecule has 1 fully saturated rings. The smallest absolute Gasteiger partial charge is 0.00674 e. The summed E-state index contributed by atoms with van der Waals surface area (Å²) in [6, 6.07) is 1.43. The molecular formula is C13H28N2. The molecule has 0 spiro atoms. The third kappa shape index (κ3) is 5.53. The van der Waals surface area contributed by atoms with Gasteiger partial charge in [0.15, 0.2) is 0 Å². The molecule has 1 heterocycles. The third-order valence-electron chi connectivity index (χ3n) is 3.37.